The second-order valence-corrected chi connectivity index (χ2v) is 4.88. The monoisotopic (exact) mass is 342 g/mol. The predicted molar refractivity (Wildman–Crippen MR) is 75.2 cm³/mol. The smallest absolute Gasteiger partial charge is 0.348 e. The van der Waals surface area contributed by atoms with E-state index in [9.17, 15) is 10.1 Å². The predicted octanol–water partition coefficient (Wildman–Crippen LogP) is 3.41. The number of nitro groups is 1. The number of nitrogens with zero attached hydrogens (tertiary/aromatic N) is 3. The maximum atomic E-state index is 10.9. The molecule has 0 unspecified atom stereocenters. The number of benzene rings is 1. The molecule has 1 heterocycles. The molecule has 0 atom stereocenters. The molecule has 1 N–H and O–H groups in total. The largest absolute Gasteiger partial charge is 0.360 e. The zero-order valence-corrected chi connectivity index (χ0v) is 11.8. The van der Waals surface area contributed by atoms with E-state index in [1.54, 1.807) is 0 Å². The first kappa shape index (κ1) is 13.7. The van der Waals surface area contributed by atoms with Crippen molar-refractivity contribution in [3.8, 4) is 0 Å². The van der Waals surface area contributed by atoms with E-state index in [2.05, 4.69) is 31.2 Å². The fraction of sp³-hybridized carbons (Fsp3) is 0.0909. The van der Waals surface area contributed by atoms with Gasteiger partial charge in [0, 0.05) is 11.0 Å². The van der Waals surface area contributed by atoms with Gasteiger partial charge in [0.25, 0.3) is 0 Å². The van der Waals surface area contributed by atoms with Crippen molar-refractivity contribution in [3.05, 3.63) is 55.9 Å². The second-order valence-electron chi connectivity index (χ2n) is 3.60. The molecule has 8 heteroatoms. The van der Waals surface area contributed by atoms with Crippen LogP contribution in [0.25, 0.3) is 0 Å². The van der Waals surface area contributed by atoms with Crippen molar-refractivity contribution in [2.75, 3.05) is 5.32 Å². The van der Waals surface area contributed by atoms with Crippen LogP contribution in [0.4, 0.5) is 11.5 Å². The van der Waals surface area contributed by atoms with Crippen LogP contribution in [0.3, 0.4) is 0 Å². The summed E-state index contributed by atoms with van der Waals surface area (Å²) < 4.78 is 0.932. The molecule has 2 rings (SSSR count). The lowest BCUT2D eigenvalue weighted by molar-refractivity contribution is -0.384. The standard InChI is InChI=1S/C11H8BrClN4O2/c12-8-3-1-2-7(4-8)5-14-11-9(17(18)19)10(13)15-6-16-11/h1-4,6H,5H2,(H,14,15,16). The molecule has 0 aliphatic heterocycles. The summed E-state index contributed by atoms with van der Waals surface area (Å²) in [4.78, 5) is 17.7. The molecular formula is C11H8BrClN4O2. The minimum Gasteiger partial charge on any atom is -0.360 e. The average molecular weight is 344 g/mol. The lowest BCUT2D eigenvalue weighted by atomic mass is 10.2. The summed E-state index contributed by atoms with van der Waals surface area (Å²) in [6, 6.07) is 7.57. The maximum absolute atomic E-state index is 10.9. The number of nitrogens with one attached hydrogen (secondary N) is 1. The Labute approximate surface area is 122 Å². The lowest BCUT2D eigenvalue weighted by Crippen LogP contribution is -2.05. The van der Waals surface area contributed by atoms with E-state index in [1.165, 1.54) is 6.33 Å². The molecule has 0 radical (unpaired) electrons. The Kier molecular flexibility index (Phi) is 4.28. The van der Waals surface area contributed by atoms with E-state index in [4.69, 9.17) is 11.6 Å². The van der Waals surface area contributed by atoms with Crippen LogP contribution in [-0.4, -0.2) is 14.9 Å². The van der Waals surface area contributed by atoms with Crippen molar-refractivity contribution in [2.45, 2.75) is 6.54 Å². The molecule has 0 saturated heterocycles. The Morgan fingerprint density at radius 3 is 2.89 bits per heavy atom. The van der Waals surface area contributed by atoms with E-state index in [-0.39, 0.29) is 16.7 Å². The molecule has 0 amide bonds. The SMILES string of the molecule is O=[N+]([O-])c1c(Cl)ncnc1NCc1cccc(Br)c1. The molecule has 0 aliphatic carbocycles. The highest BCUT2D eigenvalue weighted by atomic mass is 79.9. The first-order valence-electron chi connectivity index (χ1n) is 5.21. The van der Waals surface area contributed by atoms with Crippen molar-refractivity contribution < 1.29 is 4.92 Å². The first-order valence-corrected chi connectivity index (χ1v) is 6.38. The van der Waals surface area contributed by atoms with Crippen LogP contribution in [-0.2, 0) is 6.54 Å². The highest BCUT2D eigenvalue weighted by Gasteiger charge is 2.21. The Hall–Kier alpha value is -1.73. The number of halogens is 2. The van der Waals surface area contributed by atoms with Crippen LogP contribution in [0, 0.1) is 10.1 Å². The zero-order valence-electron chi connectivity index (χ0n) is 9.51. The third-order valence-corrected chi connectivity index (χ3v) is 3.08. The van der Waals surface area contributed by atoms with Gasteiger partial charge in [-0.15, -0.1) is 0 Å². The molecule has 0 bridgehead atoms. The highest BCUT2D eigenvalue weighted by Crippen LogP contribution is 2.28. The quantitative estimate of drug-likeness (QED) is 0.522. The third kappa shape index (κ3) is 3.39. The minimum absolute atomic E-state index is 0.102. The number of rotatable bonds is 4. The van der Waals surface area contributed by atoms with Gasteiger partial charge >= 0.3 is 5.69 Å². The van der Waals surface area contributed by atoms with Gasteiger partial charge in [0.2, 0.25) is 11.0 Å². The number of aromatic nitrogens is 2. The molecule has 0 aliphatic rings. The molecule has 1 aromatic carbocycles. The number of anilines is 1. The number of hydrogen-bond acceptors (Lipinski definition) is 5. The van der Waals surface area contributed by atoms with Crippen molar-refractivity contribution in [1.82, 2.24) is 9.97 Å². The van der Waals surface area contributed by atoms with E-state index >= 15 is 0 Å². The van der Waals surface area contributed by atoms with E-state index in [0.29, 0.717) is 6.54 Å². The molecule has 6 nitrogen and oxygen atoms in total. The summed E-state index contributed by atoms with van der Waals surface area (Å²) in [5.41, 5.74) is 0.637. The average Bonchev–Trinajstić information content (AvgIpc) is 2.36. The van der Waals surface area contributed by atoms with Crippen molar-refractivity contribution in [3.63, 3.8) is 0 Å². The van der Waals surface area contributed by atoms with Gasteiger partial charge in [-0.2, -0.15) is 0 Å². The van der Waals surface area contributed by atoms with Gasteiger partial charge < -0.3 is 5.32 Å². The molecule has 0 fully saturated rings. The van der Waals surface area contributed by atoms with Crippen molar-refractivity contribution >= 4 is 39.0 Å². The van der Waals surface area contributed by atoms with Gasteiger partial charge in [-0.25, -0.2) is 9.97 Å². The minimum atomic E-state index is -0.606. The molecule has 0 spiro atoms. The van der Waals surface area contributed by atoms with Gasteiger partial charge in [0.05, 0.1) is 4.92 Å². The Bertz CT molecular complexity index is 623. The van der Waals surface area contributed by atoms with Crippen LogP contribution >= 0.6 is 27.5 Å². The topological polar surface area (TPSA) is 81.0 Å². The highest BCUT2D eigenvalue weighted by molar-refractivity contribution is 9.10. The zero-order chi connectivity index (χ0) is 13.8. The van der Waals surface area contributed by atoms with E-state index in [1.807, 2.05) is 24.3 Å². The van der Waals surface area contributed by atoms with Crippen LogP contribution in [0.5, 0.6) is 0 Å². The molecule has 19 heavy (non-hydrogen) atoms. The molecule has 2 aromatic rings. The summed E-state index contributed by atoms with van der Waals surface area (Å²) in [6.45, 7) is 0.396. The van der Waals surface area contributed by atoms with Gasteiger partial charge in [-0.3, -0.25) is 10.1 Å². The lowest BCUT2D eigenvalue weighted by Gasteiger charge is -2.06. The van der Waals surface area contributed by atoms with Gasteiger partial charge in [-0.05, 0) is 17.7 Å². The van der Waals surface area contributed by atoms with E-state index < -0.39 is 4.92 Å². The maximum Gasteiger partial charge on any atom is 0.348 e. The molecular weight excluding hydrogens is 336 g/mol. The number of hydrogen-bond donors (Lipinski definition) is 1. The van der Waals surface area contributed by atoms with Crippen molar-refractivity contribution in [2.24, 2.45) is 0 Å². The summed E-state index contributed by atoms with van der Waals surface area (Å²) in [6.07, 6.45) is 1.18. The molecule has 98 valence electrons. The molecule has 0 saturated carbocycles. The summed E-state index contributed by atoms with van der Waals surface area (Å²) >= 11 is 9.05. The first-order chi connectivity index (χ1) is 9.08. The Balaban J connectivity index is 2.20. The second kappa shape index (κ2) is 5.94. The fourth-order valence-electron chi connectivity index (χ4n) is 1.48. The Morgan fingerprint density at radius 1 is 1.42 bits per heavy atom. The summed E-state index contributed by atoms with van der Waals surface area (Å²) in [5, 5.41) is 13.6. The molecule has 1 aromatic heterocycles. The van der Waals surface area contributed by atoms with Crippen LogP contribution in [0.15, 0.2) is 35.1 Å². The van der Waals surface area contributed by atoms with Crippen LogP contribution < -0.4 is 5.32 Å². The van der Waals surface area contributed by atoms with Gasteiger partial charge in [-0.1, -0.05) is 39.7 Å². The van der Waals surface area contributed by atoms with Gasteiger partial charge in [0.1, 0.15) is 6.33 Å². The Morgan fingerprint density at radius 2 is 2.21 bits per heavy atom. The van der Waals surface area contributed by atoms with Crippen LogP contribution in [0.2, 0.25) is 5.15 Å². The fourth-order valence-corrected chi connectivity index (χ4v) is 2.13. The normalized spacial score (nSPS) is 10.2. The third-order valence-electron chi connectivity index (χ3n) is 2.31. The summed E-state index contributed by atoms with van der Waals surface area (Å²) in [7, 11) is 0. The van der Waals surface area contributed by atoms with Crippen molar-refractivity contribution in [1.29, 1.82) is 0 Å². The van der Waals surface area contributed by atoms with E-state index in [0.717, 1.165) is 10.0 Å². The summed E-state index contributed by atoms with van der Waals surface area (Å²) in [5.74, 6) is 0.102. The van der Waals surface area contributed by atoms with Gasteiger partial charge in [0.15, 0.2) is 0 Å². The van der Waals surface area contributed by atoms with Crippen LogP contribution in [0.1, 0.15) is 5.56 Å².